The van der Waals surface area contributed by atoms with Crippen molar-refractivity contribution >= 4 is 11.8 Å². The maximum absolute atomic E-state index is 12.7. The van der Waals surface area contributed by atoms with Gasteiger partial charge in [0.25, 0.3) is 0 Å². The number of carbonyl (C=O) groups is 2. The van der Waals surface area contributed by atoms with E-state index in [1.54, 1.807) is 0 Å². The molecule has 0 N–H and O–H groups in total. The molecule has 0 saturated heterocycles. The highest BCUT2D eigenvalue weighted by atomic mass is 16.5. The van der Waals surface area contributed by atoms with Gasteiger partial charge in [0.05, 0.1) is 7.11 Å². The molecule has 0 aliphatic heterocycles. The lowest BCUT2D eigenvalue weighted by Gasteiger charge is -2.31. The summed E-state index contributed by atoms with van der Waals surface area (Å²) < 4.78 is 10.5. The van der Waals surface area contributed by atoms with Gasteiger partial charge in [-0.15, -0.1) is 0 Å². The van der Waals surface area contributed by atoms with Crippen molar-refractivity contribution in [3.63, 3.8) is 0 Å². The van der Waals surface area contributed by atoms with Crippen LogP contribution in [0.3, 0.4) is 0 Å². The number of carbonyl (C=O) groups excluding carboxylic acids is 2. The monoisotopic (exact) mass is 256 g/mol. The lowest BCUT2D eigenvalue weighted by molar-refractivity contribution is -0.161. The fourth-order valence-corrected chi connectivity index (χ4v) is 2.78. The van der Waals surface area contributed by atoms with E-state index in [0.29, 0.717) is 6.61 Å². The lowest BCUT2D eigenvalue weighted by atomic mass is 9.81. The van der Waals surface area contributed by atoms with Crippen LogP contribution in [0.15, 0.2) is 0 Å². The van der Waals surface area contributed by atoms with E-state index in [9.17, 15) is 9.59 Å². The van der Waals surface area contributed by atoms with Crippen LogP contribution in [-0.2, 0) is 19.1 Å². The molecule has 104 valence electrons. The first kappa shape index (κ1) is 15.2. The third-order valence-corrected chi connectivity index (χ3v) is 3.69. The summed E-state index contributed by atoms with van der Waals surface area (Å²) in [5.74, 6) is -1.31. The average Bonchev–Trinajstić information content (AvgIpc) is 2.78. The molecule has 0 aromatic carbocycles. The van der Waals surface area contributed by atoms with E-state index in [-0.39, 0.29) is 11.7 Å². The Morgan fingerprint density at radius 1 is 1.22 bits per heavy atom. The van der Waals surface area contributed by atoms with Crippen LogP contribution in [0.25, 0.3) is 0 Å². The second-order valence-electron chi connectivity index (χ2n) is 5.24. The molecule has 4 nitrogen and oxygen atoms in total. The molecule has 4 heteroatoms. The zero-order valence-electron chi connectivity index (χ0n) is 11.8. The first-order chi connectivity index (χ1) is 8.48. The zero-order valence-corrected chi connectivity index (χ0v) is 11.8. The summed E-state index contributed by atoms with van der Waals surface area (Å²) >= 11 is 0. The minimum Gasteiger partial charge on any atom is -0.468 e. The summed E-state index contributed by atoms with van der Waals surface area (Å²) in [6.07, 6.45) is 3.41. The van der Waals surface area contributed by atoms with Crippen molar-refractivity contribution in [2.24, 2.45) is 11.8 Å². The number of Topliss-reactive ketones (excluding diaryl/α,β-unsaturated/α-hetero) is 1. The minimum absolute atomic E-state index is 0.0668. The molecule has 0 amide bonds. The van der Waals surface area contributed by atoms with E-state index in [1.807, 2.05) is 20.8 Å². The fraction of sp³-hybridized carbons (Fsp3) is 0.857. The van der Waals surface area contributed by atoms with E-state index in [2.05, 4.69) is 0 Å². The number of esters is 1. The van der Waals surface area contributed by atoms with Gasteiger partial charge in [-0.1, -0.05) is 13.8 Å². The molecule has 0 aromatic rings. The molecule has 1 atom stereocenters. The fourth-order valence-electron chi connectivity index (χ4n) is 2.78. The third-order valence-electron chi connectivity index (χ3n) is 3.69. The van der Waals surface area contributed by atoms with Gasteiger partial charge in [-0.2, -0.15) is 0 Å². The van der Waals surface area contributed by atoms with E-state index in [1.165, 1.54) is 7.11 Å². The molecular formula is C14H24O4. The molecule has 1 aliphatic rings. The van der Waals surface area contributed by atoms with Crippen molar-refractivity contribution in [3.8, 4) is 0 Å². The van der Waals surface area contributed by atoms with Crippen LogP contribution in [0.1, 0.15) is 46.5 Å². The van der Waals surface area contributed by atoms with Crippen molar-refractivity contribution in [2.45, 2.75) is 52.1 Å². The molecule has 1 saturated carbocycles. The molecule has 0 heterocycles. The molecular weight excluding hydrogens is 232 g/mol. The van der Waals surface area contributed by atoms with Gasteiger partial charge in [0, 0.05) is 6.61 Å². The Morgan fingerprint density at radius 3 is 2.17 bits per heavy atom. The molecule has 0 radical (unpaired) electrons. The molecule has 18 heavy (non-hydrogen) atoms. The highest BCUT2D eigenvalue weighted by molar-refractivity contribution is 6.03. The topological polar surface area (TPSA) is 52.6 Å². The van der Waals surface area contributed by atoms with Gasteiger partial charge in [-0.05, 0) is 38.5 Å². The first-order valence-corrected chi connectivity index (χ1v) is 6.74. The van der Waals surface area contributed by atoms with Crippen molar-refractivity contribution in [3.05, 3.63) is 0 Å². The number of rotatable bonds is 6. The summed E-state index contributed by atoms with van der Waals surface area (Å²) in [6.45, 7) is 6.12. The zero-order chi connectivity index (χ0) is 13.8. The highest BCUT2D eigenvalue weighted by Crippen LogP contribution is 2.37. The summed E-state index contributed by atoms with van der Waals surface area (Å²) in [5, 5.41) is 0. The van der Waals surface area contributed by atoms with Gasteiger partial charge in [0.2, 0.25) is 0 Å². The van der Waals surface area contributed by atoms with Crippen molar-refractivity contribution in [1.82, 2.24) is 0 Å². The molecule has 1 aliphatic carbocycles. The molecule has 0 aromatic heterocycles. The van der Waals surface area contributed by atoms with Gasteiger partial charge in [0.15, 0.2) is 5.78 Å². The molecule has 1 unspecified atom stereocenters. The normalized spacial score (nSPS) is 19.8. The standard InChI is InChI=1S/C14H24O4/c1-5-18-14(8-6-7-9-14)12(15)11(10(2)3)13(16)17-4/h10-11H,5-9H2,1-4H3. The van der Waals surface area contributed by atoms with Crippen LogP contribution >= 0.6 is 0 Å². The average molecular weight is 256 g/mol. The van der Waals surface area contributed by atoms with E-state index in [0.717, 1.165) is 25.7 Å². The molecule has 1 fully saturated rings. The van der Waals surface area contributed by atoms with E-state index in [4.69, 9.17) is 9.47 Å². The maximum atomic E-state index is 12.7. The van der Waals surface area contributed by atoms with Crippen molar-refractivity contribution in [1.29, 1.82) is 0 Å². The van der Waals surface area contributed by atoms with Crippen LogP contribution in [0.2, 0.25) is 0 Å². The second-order valence-corrected chi connectivity index (χ2v) is 5.24. The van der Waals surface area contributed by atoms with Crippen molar-refractivity contribution < 1.29 is 19.1 Å². The summed E-state index contributed by atoms with van der Waals surface area (Å²) in [7, 11) is 1.33. The number of methoxy groups -OCH3 is 1. The SMILES string of the molecule is CCOC1(C(=O)C(C(=O)OC)C(C)C)CCCC1. The van der Waals surface area contributed by atoms with Crippen LogP contribution in [0.5, 0.6) is 0 Å². The van der Waals surface area contributed by atoms with Gasteiger partial charge >= 0.3 is 5.97 Å². The number of ketones is 1. The molecule has 0 bridgehead atoms. The minimum atomic E-state index is -0.752. The first-order valence-electron chi connectivity index (χ1n) is 6.74. The van der Waals surface area contributed by atoms with E-state index >= 15 is 0 Å². The second kappa shape index (κ2) is 6.32. The van der Waals surface area contributed by atoms with Gasteiger partial charge in [-0.3, -0.25) is 9.59 Å². The lowest BCUT2D eigenvalue weighted by Crippen LogP contribution is -2.47. The van der Waals surface area contributed by atoms with Crippen LogP contribution in [-0.4, -0.2) is 31.1 Å². The van der Waals surface area contributed by atoms with Crippen molar-refractivity contribution in [2.75, 3.05) is 13.7 Å². The number of hydrogen-bond donors (Lipinski definition) is 0. The Balaban J connectivity index is 2.96. The number of hydrogen-bond acceptors (Lipinski definition) is 4. The largest absolute Gasteiger partial charge is 0.468 e. The Hall–Kier alpha value is -0.900. The quantitative estimate of drug-likeness (QED) is 0.540. The van der Waals surface area contributed by atoms with Gasteiger partial charge in [-0.25, -0.2) is 0 Å². The maximum Gasteiger partial charge on any atom is 0.316 e. The molecule has 0 spiro atoms. The van der Waals surface area contributed by atoms with E-state index < -0.39 is 17.5 Å². The molecule has 1 rings (SSSR count). The Kier molecular flexibility index (Phi) is 5.32. The smallest absolute Gasteiger partial charge is 0.316 e. The summed E-state index contributed by atoms with van der Waals surface area (Å²) in [4.78, 5) is 24.5. The van der Waals surface area contributed by atoms with Crippen LogP contribution < -0.4 is 0 Å². The van der Waals surface area contributed by atoms with Gasteiger partial charge < -0.3 is 9.47 Å². The third kappa shape index (κ3) is 2.91. The Labute approximate surface area is 109 Å². The highest BCUT2D eigenvalue weighted by Gasteiger charge is 2.48. The summed E-state index contributed by atoms with van der Waals surface area (Å²) in [6, 6.07) is 0. The van der Waals surface area contributed by atoms with Gasteiger partial charge in [0.1, 0.15) is 11.5 Å². The number of ether oxygens (including phenoxy) is 2. The Bertz CT molecular complexity index is 303. The predicted octanol–water partition coefficient (Wildman–Crippen LogP) is 2.35. The van der Waals surface area contributed by atoms with Crippen LogP contribution in [0.4, 0.5) is 0 Å². The summed E-state index contributed by atoms with van der Waals surface area (Å²) in [5.41, 5.74) is -0.752. The predicted molar refractivity (Wildman–Crippen MR) is 68.2 cm³/mol. The Morgan fingerprint density at radius 2 is 1.78 bits per heavy atom. The van der Waals surface area contributed by atoms with Crippen LogP contribution in [0, 0.1) is 11.8 Å².